The molecule has 0 bridgehead atoms. The Hall–Kier alpha value is 0.350. The van der Waals surface area contributed by atoms with Gasteiger partial charge in [-0.3, -0.25) is 0 Å². The van der Waals surface area contributed by atoms with Crippen LogP contribution >= 0.6 is 11.8 Å². The molecule has 1 atom stereocenters. The molecule has 0 N–H and O–H groups in total. The third-order valence-corrected chi connectivity index (χ3v) is 4.39. The minimum absolute atomic E-state index is 0.976. The van der Waals surface area contributed by atoms with Gasteiger partial charge in [0.15, 0.2) is 0 Å². The highest BCUT2D eigenvalue weighted by Crippen LogP contribution is 2.32. The fourth-order valence-corrected chi connectivity index (χ4v) is 3.18. The van der Waals surface area contributed by atoms with Crippen LogP contribution in [0.15, 0.2) is 0 Å². The quantitative estimate of drug-likeness (QED) is 0.586. The molecule has 0 aromatic carbocycles. The van der Waals surface area contributed by atoms with E-state index >= 15 is 0 Å². The van der Waals surface area contributed by atoms with Gasteiger partial charge in [0.25, 0.3) is 0 Å². The highest BCUT2D eigenvalue weighted by atomic mass is 32.2. The normalized spacial score (nSPS) is 21.5. The molecule has 1 rings (SSSR count). The lowest BCUT2D eigenvalue weighted by molar-refractivity contribution is 0.402. The van der Waals surface area contributed by atoms with Crippen LogP contribution in [0.1, 0.15) is 46.0 Å². The molecule has 0 amide bonds. The molecule has 0 spiro atoms. The van der Waals surface area contributed by atoms with Crippen LogP contribution < -0.4 is 0 Å². The predicted molar refractivity (Wildman–Crippen MR) is 58.7 cm³/mol. The first-order valence-corrected chi connectivity index (χ1v) is 6.57. The standard InChI is InChI=1S/C11H22S/c1-3-8-12-9-10(2)11-6-4-5-7-11/h10-11H,3-9H2,1-2H3. The molecule has 1 unspecified atom stereocenters. The summed E-state index contributed by atoms with van der Waals surface area (Å²) in [5.74, 6) is 4.80. The van der Waals surface area contributed by atoms with E-state index in [1.165, 1.54) is 43.6 Å². The van der Waals surface area contributed by atoms with E-state index in [1.807, 2.05) is 0 Å². The molecule has 1 saturated carbocycles. The summed E-state index contributed by atoms with van der Waals surface area (Å²) >= 11 is 2.15. The molecular weight excluding hydrogens is 164 g/mol. The first-order valence-electron chi connectivity index (χ1n) is 5.42. The average molecular weight is 186 g/mol. The maximum absolute atomic E-state index is 2.44. The number of hydrogen-bond donors (Lipinski definition) is 0. The maximum atomic E-state index is 2.44. The van der Waals surface area contributed by atoms with E-state index in [4.69, 9.17) is 0 Å². The second kappa shape index (κ2) is 5.90. The summed E-state index contributed by atoms with van der Waals surface area (Å²) in [5.41, 5.74) is 0. The minimum atomic E-state index is 0.976. The second-order valence-electron chi connectivity index (χ2n) is 4.10. The van der Waals surface area contributed by atoms with E-state index in [0.29, 0.717) is 0 Å². The smallest absolute Gasteiger partial charge is 0.00391 e. The molecule has 0 aromatic heterocycles. The zero-order chi connectivity index (χ0) is 8.81. The van der Waals surface area contributed by atoms with Gasteiger partial charge < -0.3 is 0 Å². The first kappa shape index (κ1) is 10.4. The lowest BCUT2D eigenvalue weighted by Gasteiger charge is -2.17. The van der Waals surface area contributed by atoms with Crippen LogP contribution in [-0.2, 0) is 0 Å². The van der Waals surface area contributed by atoms with E-state index in [-0.39, 0.29) is 0 Å². The highest BCUT2D eigenvalue weighted by molar-refractivity contribution is 7.99. The molecule has 0 saturated heterocycles. The molecular formula is C11H22S. The molecule has 0 aliphatic heterocycles. The van der Waals surface area contributed by atoms with Crippen molar-refractivity contribution in [1.82, 2.24) is 0 Å². The Morgan fingerprint density at radius 2 is 2.00 bits per heavy atom. The zero-order valence-corrected chi connectivity index (χ0v) is 9.33. The van der Waals surface area contributed by atoms with Gasteiger partial charge in [0.05, 0.1) is 0 Å². The molecule has 1 heteroatoms. The van der Waals surface area contributed by atoms with Gasteiger partial charge in [-0.15, -0.1) is 0 Å². The SMILES string of the molecule is CCCSCC(C)C1CCCC1. The maximum Gasteiger partial charge on any atom is -0.00391 e. The molecule has 12 heavy (non-hydrogen) atoms. The van der Waals surface area contributed by atoms with Gasteiger partial charge in [0.1, 0.15) is 0 Å². The van der Waals surface area contributed by atoms with Crippen LogP contribution in [0.5, 0.6) is 0 Å². The van der Waals surface area contributed by atoms with Gasteiger partial charge in [-0.05, 0) is 29.8 Å². The monoisotopic (exact) mass is 186 g/mol. The van der Waals surface area contributed by atoms with Gasteiger partial charge in [0, 0.05) is 0 Å². The summed E-state index contributed by atoms with van der Waals surface area (Å²) in [6.45, 7) is 4.71. The van der Waals surface area contributed by atoms with Crippen LogP contribution in [0.4, 0.5) is 0 Å². The Morgan fingerprint density at radius 3 is 2.58 bits per heavy atom. The van der Waals surface area contributed by atoms with E-state index in [0.717, 1.165) is 11.8 Å². The Morgan fingerprint density at radius 1 is 1.33 bits per heavy atom. The first-order chi connectivity index (χ1) is 5.84. The minimum Gasteiger partial charge on any atom is -0.162 e. The number of rotatable bonds is 5. The average Bonchev–Trinajstić information content (AvgIpc) is 2.56. The Kier molecular flexibility index (Phi) is 5.13. The van der Waals surface area contributed by atoms with E-state index in [2.05, 4.69) is 25.6 Å². The molecule has 0 nitrogen and oxygen atoms in total. The summed E-state index contributed by atoms with van der Waals surface area (Å²) in [4.78, 5) is 0. The summed E-state index contributed by atoms with van der Waals surface area (Å²) < 4.78 is 0. The summed E-state index contributed by atoms with van der Waals surface area (Å²) in [6.07, 6.45) is 7.34. The lowest BCUT2D eigenvalue weighted by atomic mass is 9.94. The van der Waals surface area contributed by atoms with Gasteiger partial charge in [-0.25, -0.2) is 0 Å². The van der Waals surface area contributed by atoms with Crippen molar-refractivity contribution in [2.75, 3.05) is 11.5 Å². The van der Waals surface area contributed by atoms with Crippen LogP contribution in [0, 0.1) is 11.8 Å². The van der Waals surface area contributed by atoms with Crippen molar-refractivity contribution in [3.05, 3.63) is 0 Å². The predicted octanol–water partition coefficient (Wildman–Crippen LogP) is 3.96. The van der Waals surface area contributed by atoms with E-state index < -0.39 is 0 Å². The Balaban J connectivity index is 2.05. The molecule has 0 aromatic rings. The van der Waals surface area contributed by atoms with Gasteiger partial charge in [-0.2, -0.15) is 11.8 Å². The van der Waals surface area contributed by atoms with Gasteiger partial charge in [0.2, 0.25) is 0 Å². The fourth-order valence-electron chi connectivity index (χ4n) is 2.08. The molecule has 1 fully saturated rings. The molecule has 72 valence electrons. The second-order valence-corrected chi connectivity index (χ2v) is 5.25. The number of thioether (sulfide) groups is 1. The summed E-state index contributed by atoms with van der Waals surface area (Å²) in [7, 11) is 0. The fraction of sp³-hybridized carbons (Fsp3) is 1.00. The van der Waals surface area contributed by atoms with Crippen molar-refractivity contribution < 1.29 is 0 Å². The third kappa shape index (κ3) is 3.38. The third-order valence-electron chi connectivity index (χ3n) is 2.93. The molecule has 0 heterocycles. The van der Waals surface area contributed by atoms with Crippen LogP contribution in [-0.4, -0.2) is 11.5 Å². The Labute approximate surface area is 81.5 Å². The van der Waals surface area contributed by atoms with Crippen LogP contribution in [0.3, 0.4) is 0 Å². The van der Waals surface area contributed by atoms with Crippen molar-refractivity contribution in [3.8, 4) is 0 Å². The summed E-state index contributed by atoms with van der Waals surface area (Å²) in [6, 6.07) is 0. The highest BCUT2D eigenvalue weighted by Gasteiger charge is 2.20. The summed E-state index contributed by atoms with van der Waals surface area (Å²) in [5, 5.41) is 0. The van der Waals surface area contributed by atoms with Crippen molar-refractivity contribution in [2.24, 2.45) is 11.8 Å². The van der Waals surface area contributed by atoms with Crippen LogP contribution in [0.2, 0.25) is 0 Å². The van der Waals surface area contributed by atoms with Crippen molar-refractivity contribution in [2.45, 2.75) is 46.0 Å². The lowest BCUT2D eigenvalue weighted by Crippen LogP contribution is -2.10. The Bertz CT molecular complexity index is 106. The largest absolute Gasteiger partial charge is 0.162 e. The van der Waals surface area contributed by atoms with Gasteiger partial charge >= 0.3 is 0 Å². The topological polar surface area (TPSA) is 0 Å². The van der Waals surface area contributed by atoms with E-state index in [9.17, 15) is 0 Å². The molecule has 1 aliphatic carbocycles. The molecule has 0 radical (unpaired) electrons. The van der Waals surface area contributed by atoms with Gasteiger partial charge in [-0.1, -0.05) is 39.5 Å². The molecule has 1 aliphatic rings. The van der Waals surface area contributed by atoms with Crippen molar-refractivity contribution >= 4 is 11.8 Å². The number of hydrogen-bond acceptors (Lipinski definition) is 1. The van der Waals surface area contributed by atoms with Crippen molar-refractivity contribution in [3.63, 3.8) is 0 Å². The van der Waals surface area contributed by atoms with Crippen molar-refractivity contribution in [1.29, 1.82) is 0 Å². The van der Waals surface area contributed by atoms with E-state index in [1.54, 1.807) is 0 Å². The van der Waals surface area contributed by atoms with Crippen LogP contribution in [0.25, 0.3) is 0 Å². The zero-order valence-electron chi connectivity index (χ0n) is 8.51.